The van der Waals surface area contributed by atoms with Crippen LogP contribution < -0.4 is 16.0 Å². The van der Waals surface area contributed by atoms with E-state index in [1.165, 1.54) is 4.90 Å². The molecule has 0 bridgehead atoms. The van der Waals surface area contributed by atoms with E-state index >= 15 is 0 Å². The van der Waals surface area contributed by atoms with E-state index in [2.05, 4.69) is 15.3 Å². The second kappa shape index (κ2) is 15.3. The molecule has 2 heterocycles. The third kappa shape index (κ3) is 8.04. The fourth-order valence-corrected chi connectivity index (χ4v) is 5.40. The van der Waals surface area contributed by atoms with Crippen LogP contribution in [0.15, 0.2) is 72.8 Å². The molecule has 5 rings (SSSR count). The molecule has 0 radical (unpaired) electrons. The van der Waals surface area contributed by atoms with Gasteiger partial charge in [-0.1, -0.05) is 36.4 Å². The van der Waals surface area contributed by atoms with Crippen molar-refractivity contribution in [1.29, 1.82) is 0 Å². The molecular formula is C33H38N6O6. The second-order valence-corrected chi connectivity index (χ2v) is 10.7. The van der Waals surface area contributed by atoms with Crippen LogP contribution >= 0.6 is 0 Å². The normalized spacial score (nSPS) is 13.6. The number of benzene rings is 3. The number of likely N-dealkylation sites (tertiary alicyclic amines) is 1. The fourth-order valence-electron chi connectivity index (χ4n) is 5.40. The second-order valence-electron chi connectivity index (χ2n) is 10.7. The number of aromatic nitrogens is 2. The zero-order valence-corrected chi connectivity index (χ0v) is 25.0. The predicted octanol–water partition coefficient (Wildman–Crippen LogP) is 3.74. The van der Waals surface area contributed by atoms with Crippen molar-refractivity contribution in [2.75, 3.05) is 57.5 Å². The summed E-state index contributed by atoms with van der Waals surface area (Å²) in [7, 11) is 0. The number of rotatable bonds is 13. The maximum absolute atomic E-state index is 13.4. The number of ether oxygens (including phenoxy) is 2. The van der Waals surface area contributed by atoms with Crippen LogP contribution in [0.4, 0.5) is 10.5 Å². The largest absolute Gasteiger partial charge is 0.465 e. The maximum Gasteiger partial charge on any atom is 0.412 e. The van der Waals surface area contributed by atoms with Gasteiger partial charge in [-0.05, 0) is 49.2 Å². The van der Waals surface area contributed by atoms with Gasteiger partial charge in [0, 0.05) is 54.6 Å². The fraction of sp³-hybridized carbons (Fsp3) is 0.333. The van der Waals surface area contributed by atoms with Gasteiger partial charge in [-0.3, -0.25) is 14.5 Å². The van der Waals surface area contributed by atoms with E-state index in [-0.39, 0.29) is 17.9 Å². The number of aromatic amines is 1. The molecule has 236 valence electrons. The van der Waals surface area contributed by atoms with Gasteiger partial charge in [0.25, 0.3) is 11.8 Å². The Morgan fingerprint density at radius 3 is 2.42 bits per heavy atom. The molecule has 1 fully saturated rings. The van der Waals surface area contributed by atoms with Crippen molar-refractivity contribution < 1.29 is 29.0 Å². The van der Waals surface area contributed by atoms with Crippen LogP contribution in [-0.4, -0.2) is 96.5 Å². The third-order valence-corrected chi connectivity index (χ3v) is 7.65. The molecule has 0 unspecified atom stereocenters. The molecule has 1 aliphatic rings. The number of anilines is 1. The monoisotopic (exact) mass is 614 g/mol. The van der Waals surface area contributed by atoms with Crippen LogP contribution in [0.3, 0.4) is 0 Å². The number of carbonyl (C=O) groups excluding carboxylic acids is 2. The summed E-state index contributed by atoms with van der Waals surface area (Å²) < 4.78 is 10.7. The SMILES string of the molecule is NCCOCCOCCNC(=O)c1cccc(N(C(=O)O)C2CCN(C(=O)c3ccc4nc(-c5ccccc5)[nH]c4c3)CC2)c1. The van der Waals surface area contributed by atoms with E-state index < -0.39 is 6.09 Å². The molecule has 3 aromatic carbocycles. The van der Waals surface area contributed by atoms with Gasteiger partial charge < -0.3 is 35.5 Å². The highest BCUT2D eigenvalue weighted by molar-refractivity contribution is 5.98. The van der Waals surface area contributed by atoms with Crippen molar-refractivity contribution in [3.05, 3.63) is 83.9 Å². The minimum absolute atomic E-state index is 0.112. The zero-order valence-electron chi connectivity index (χ0n) is 25.0. The molecule has 5 N–H and O–H groups in total. The Morgan fingerprint density at radius 2 is 1.69 bits per heavy atom. The van der Waals surface area contributed by atoms with E-state index in [1.807, 2.05) is 42.5 Å². The first kappa shape index (κ1) is 31.6. The van der Waals surface area contributed by atoms with Gasteiger partial charge in [-0.15, -0.1) is 0 Å². The molecular weight excluding hydrogens is 576 g/mol. The van der Waals surface area contributed by atoms with Gasteiger partial charge in [0.05, 0.1) is 37.5 Å². The highest BCUT2D eigenvalue weighted by atomic mass is 16.5. The number of hydrogen-bond acceptors (Lipinski definition) is 7. The van der Waals surface area contributed by atoms with Gasteiger partial charge in [0.1, 0.15) is 5.82 Å². The van der Waals surface area contributed by atoms with Crippen molar-refractivity contribution in [3.63, 3.8) is 0 Å². The van der Waals surface area contributed by atoms with E-state index in [0.717, 1.165) is 22.4 Å². The molecule has 1 saturated heterocycles. The summed E-state index contributed by atoms with van der Waals surface area (Å²) in [4.78, 5) is 49.5. The molecule has 1 aromatic heterocycles. The van der Waals surface area contributed by atoms with Crippen molar-refractivity contribution in [3.8, 4) is 11.4 Å². The van der Waals surface area contributed by atoms with Gasteiger partial charge in [0.2, 0.25) is 0 Å². The first-order valence-corrected chi connectivity index (χ1v) is 15.0. The third-order valence-electron chi connectivity index (χ3n) is 7.65. The Bertz CT molecular complexity index is 1600. The predicted molar refractivity (Wildman–Crippen MR) is 170 cm³/mol. The van der Waals surface area contributed by atoms with Crippen molar-refractivity contribution in [2.24, 2.45) is 5.73 Å². The number of nitrogens with two attached hydrogens (primary N) is 1. The summed E-state index contributed by atoms with van der Waals surface area (Å²) in [6.07, 6.45) is -0.183. The topological polar surface area (TPSA) is 163 Å². The number of H-pyrrole nitrogens is 1. The summed E-state index contributed by atoms with van der Waals surface area (Å²) in [5.74, 6) is 0.301. The highest BCUT2D eigenvalue weighted by Crippen LogP contribution is 2.27. The number of imidazole rings is 1. The Balaban J connectivity index is 1.16. The van der Waals surface area contributed by atoms with Crippen LogP contribution in [0.25, 0.3) is 22.4 Å². The average Bonchev–Trinajstić information content (AvgIpc) is 3.50. The maximum atomic E-state index is 13.4. The number of piperidine rings is 1. The molecule has 0 atom stereocenters. The lowest BCUT2D eigenvalue weighted by molar-refractivity contribution is 0.0511. The number of nitrogens with one attached hydrogen (secondary N) is 2. The van der Waals surface area contributed by atoms with Crippen LogP contribution in [0.2, 0.25) is 0 Å². The Hall–Kier alpha value is -4.78. The summed E-state index contributed by atoms with van der Waals surface area (Å²) in [6.45, 7) is 3.19. The van der Waals surface area contributed by atoms with Gasteiger partial charge in [-0.25, -0.2) is 9.78 Å². The lowest BCUT2D eigenvalue weighted by Crippen LogP contribution is -2.48. The van der Waals surface area contributed by atoms with Gasteiger partial charge in [0.15, 0.2) is 0 Å². The van der Waals surface area contributed by atoms with Gasteiger partial charge >= 0.3 is 6.09 Å². The lowest BCUT2D eigenvalue weighted by Gasteiger charge is -2.37. The zero-order chi connectivity index (χ0) is 31.6. The van der Waals surface area contributed by atoms with Crippen molar-refractivity contribution in [1.82, 2.24) is 20.2 Å². The minimum atomic E-state index is -1.11. The first-order chi connectivity index (χ1) is 21.9. The molecule has 3 amide bonds. The molecule has 45 heavy (non-hydrogen) atoms. The van der Waals surface area contributed by atoms with Crippen molar-refractivity contribution in [2.45, 2.75) is 18.9 Å². The van der Waals surface area contributed by atoms with E-state index in [9.17, 15) is 19.5 Å². The summed E-state index contributed by atoms with van der Waals surface area (Å²) in [5, 5.41) is 12.9. The van der Waals surface area contributed by atoms with E-state index in [0.29, 0.717) is 82.3 Å². The van der Waals surface area contributed by atoms with Crippen molar-refractivity contribution >= 4 is 34.6 Å². The Labute approximate surface area is 261 Å². The van der Waals surface area contributed by atoms with Crippen LogP contribution in [-0.2, 0) is 9.47 Å². The average molecular weight is 615 g/mol. The summed E-state index contributed by atoms with van der Waals surface area (Å²) in [5.41, 5.74) is 9.18. The van der Waals surface area contributed by atoms with E-state index in [1.54, 1.807) is 35.2 Å². The van der Waals surface area contributed by atoms with Gasteiger partial charge in [-0.2, -0.15) is 0 Å². The standard InChI is InChI=1S/C33H38N6O6/c34-13-17-44-19-20-45-18-14-35-31(40)24-7-4-8-27(21-24)39(33(42)43)26-11-15-38(16-12-26)32(41)25-9-10-28-29(22-25)37-30(36-28)23-5-2-1-3-6-23/h1-10,21-22,26H,11-20,34H2,(H,35,40)(H,36,37)(H,42,43). The number of carboxylic acid groups (broad SMARTS) is 1. The van der Waals surface area contributed by atoms with Crippen LogP contribution in [0.1, 0.15) is 33.6 Å². The summed E-state index contributed by atoms with van der Waals surface area (Å²) >= 11 is 0. The smallest absolute Gasteiger partial charge is 0.412 e. The molecule has 4 aromatic rings. The molecule has 0 saturated carbocycles. The Kier molecular flexibility index (Phi) is 10.7. The van der Waals surface area contributed by atoms with Crippen LogP contribution in [0, 0.1) is 0 Å². The van der Waals surface area contributed by atoms with E-state index in [4.69, 9.17) is 15.2 Å². The Morgan fingerprint density at radius 1 is 0.933 bits per heavy atom. The molecule has 0 aliphatic carbocycles. The molecule has 12 nitrogen and oxygen atoms in total. The summed E-state index contributed by atoms with van der Waals surface area (Å²) in [6, 6.07) is 21.4. The quantitative estimate of drug-likeness (QED) is 0.166. The number of amides is 3. The number of carbonyl (C=O) groups is 3. The number of nitrogens with zero attached hydrogens (tertiary/aromatic N) is 3. The molecule has 0 spiro atoms. The molecule has 1 aliphatic heterocycles. The minimum Gasteiger partial charge on any atom is -0.465 e. The molecule has 12 heteroatoms. The highest BCUT2D eigenvalue weighted by Gasteiger charge is 2.31. The number of hydrogen-bond donors (Lipinski definition) is 4. The first-order valence-electron chi connectivity index (χ1n) is 15.0. The van der Waals surface area contributed by atoms with Crippen LogP contribution in [0.5, 0.6) is 0 Å². The number of fused-ring (bicyclic) bond motifs is 1. The lowest BCUT2D eigenvalue weighted by atomic mass is 10.0.